The van der Waals surface area contributed by atoms with Crippen LogP contribution in [0.2, 0.25) is 0 Å². The van der Waals surface area contributed by atoms with Crippen molar-refractivity contribution in [3.8, 4) is 6.07 Å². The standard InChI is InChI=1S/C14H18N2OS/c1-16-8-10-3-2-4-11(9-16)14(10,17)13-6-5-12(7-15)18-13/h5-6,10-11,17H,2-4,8-9H2,1H3/t10-,11+,14-. The van der Waals surface area contributed by atoms with Crippen LogP contribution in [0.15, 0.2) is 12.1 Å². The maximum Gasteiger partial charge on any atom is 0.110 e. The van der Waals surface area contributed by atoms with Gasteiger partial charge in [0.2, 0.25) is 0 Å². The molecule has 1 aromatic heterocycles. The zero-order chi connectivity index (χ0) is 12.8. The molecule has 3 atom stereocenters. The highest BCUT2D eigenvalue weighted by atomic mass is 32.1. The molecule has 0 spiro atoms. The van der Waals surface area contributed by atoms with Gasteiger partial charge >= 0.3 is 0 Å². The normalized spacial score (nSPS) is 36.3. The van der Waals surface area contributed by atoms with E-state index in [1.165, 1.54) is 17.8 Å². The largest absolute Gasteiger partial charge is 0.384 e. The molecular formula is C14H18N2OS. The summed E-state index contributed by atoms with van der Waals surface area (Å²) in [4.78, 5) is 4.04. The van der Waals surface area contributed by atoms with E-state index in [2.05, 4.69) is 18.0 Å². The first-order chi connectivity index (χ1) is 8.64. The van der Waals surface area contributed by atoms with Gasteiger partial charge in [-0.05, 0) is 32.0 Å². The van der Waals surface area contributed by atoms with Crippen LogP contribution in [-0.4, -0.2) is 30.1 Å². The fraction of sp³-hybridized carbons (Fsp3) is 0.643. The molecule has 0 aromatic carbocycles. The summed E-state index contributed by atoms with van der Waals surface area (Å²) in [6.45, 7) is 1.93. The van der Waals surface area contributed by atoms with E-state index in [4.69, 9.17) is 5.26 Å². The molecule has 1 aliphatic heterocycles. The van der Waals surface area contributed by atoms with Crippen molar-refractivity contribution in [2.24, 2.45) is 11.8 Å². The summed E-state index contributed by atoms with van der Waals surface area (Å²) < 4.78 is 0. The molecule has 0 unspecified atom stereocenters. The van der Waals surface area contributed by atoms with E-state index in [1.807, 2.05) is 12.1 Å². The van der Waals surface area contributed by atoms with Crippen LogP contribution in [-0.2, 0) is 5.60 Å². The van der Waals surface area contributed by atoms with Gasteiger partial charge in [-0.15, -0.1) is 11.3 Å². The zero-order valence-corrected chi connectivity index (χ0v) is 11.4. The van der Waals surface area contributed by atoms with Gasteiger partial charge in [0.25, 0.3) is 0 Å². The lowest BCUT2D eigenvalue weighted by atomic mass is 9.65. The first-order valence-corrected chi connectivity index (χ1v) is 7.37. The molecule has 1 saturated carbocycles. The lowest BCUT2D eigenvalue weighted by Crippen LogP contribution is -2.56. The van der Waals surface area contributed by atoms with E-state index < -0.39 is 5.60 Å². The van der Waals surface area contributed by atoms with Crippen LogP contribution < -0.4 is 0 Å². The molecule has 3 nitrogen and oxygen atoms in total. The lowest BCUT2D eigenvalue weighted by Gasteiger charge is -2.52. The molecule has 3 rings (SSSR count). The van der Waals surface area contributed by atoms with Gasteiger partial charge in [0.1, 0.15) is 16.5 Å². The van der Waals surface area contributed by atoms with Crippen molar-refractivity contribution < 1.29 is 5.11 Å². The molecule has 2 heterocycles. The number of likely N-dealkylation sites (tertiary alicyclic amines) is 1. The number of rotatable bonds is 1. The zero-order valence-electron chi connectivity index (χ0n) is 10.6. The van der Waals surface area contributed by atoms with E-state index in [9.17, 15) is 5.11 Å². The van der Waals surface area contributed by atoms with E-state index in [-0.39, 0.29) is 0 Å². The SMILES string of the molecule is CN1C[C@H]2CCC[C@@H](C1)[C@@]2(O)c1ccc(C#N)s1. The molecule has 1 aliphatic carbocycles. The second-order valence-corrected chi connectivity index (χ2v) is 6.73. The first kappa shape index (κ1) is 12.2. The third kappa shape index (κ3) is 1.70. The Morgan fingerprint density at radius 1 is 1.39 bits per heavy atom. The third-order valence-electron chi connectivity index (χ3n) is 4.52. The highest BCUT2D eigenvalue weighted by Gasteiger charge is 2.51. The molecule has 2 bridgehead atoms. The summed E-state index contributed by atoms with van der Waals surface area (Å²) in [6, 6.07) is 5.97. The Bertz CT molecular complexity index is 476. The lowest BCUT2D eigenvalue weighted by molar-refractivity contribution is -0.140. The van der Waals surface area contributed by atoms with Gasteiger partial charge in [0.15, 0.2) is 0 Å². The summed E-state index contributed by atoms with van der Waals surface area (Å²) in [5.74, 6) is 0.639. The maximum absolute atomic E-state index is 11.2. The number of fused-ring (bicyclic) bond motifs is 2. The number of nitriles is 1. The fourth-order valence-electron chi connectivity index (χ4n) is 3.69. The quantitative estimate of drug-likeness (QED) is 0.843. The second kappa shape index (κ2) is 4.34. The predicted octanol–water partition coefficient (Wildman–Crippen LogP) is 2.17. The van der Waals surface area contributed by atoms with E-state index in [1.54, 1.807) is 0 Å². The van der Waals surface area contributed by atoms with Crippen LogP contribution in [0.1, 0.15) is 29.0 Å². The average Bonchev–Trinajstić information content (AvgIpc) is 2.80. The van der Waals surface area contributed by atoms with Crippen LogP contribution in [0.4, 0.5) is 0 Å². The average molecular weight is 262 g/mol. The maximum atomic E-state index is 11.2. The molecule has 18 heavy (non-hydrogen) atoms. The van der Waals surface area contributed by atoms with Crippen molar-refractivity contribution >= 4 is 11.3 Å². The Kier molecular flexibility index (Phi) is 2.93. The van der Waals surface area contributed by atoms with E-state index in [0.29, 0.717) is 16.7 Å². The number of hydrogen-bond donors (Lipinski definition) is 1. The smallest absolute Gasteiger partial charge is 0.110 e. The Balaban J connectivity index is 2.00. The fourth-order valence-corrected chi connectivity index (χ4v) is 4.74. The van der Waals surface area contributed by atoms with Crippen molar-refractivity contribution in [2.75, 3.05) is 20.1 Å². The number of nitrogens with zero attached hydrogens (tertiary/aromatic N) is 2. The Morgan fingerprint density at radius 2 is 2.06 bits per heavy atom. The van der Waals surface area contributed by atoms with Gasteiger partial charge in [0.05, 0.1) is 0 Å². The van der Waals surface area contributed by atoms with Gasteiger partial charge < -0.3 is 10.0 Å². The van der Waals surface area contributed by atoms with Crippen molar-refractivity contribution in [2.45, 2.75) is 24.9 Å². The van der Waals surface area contributed by atoms with E-state index in [0.717, 1.165) is 30.8 Å². The monoisotopic (exact) mass is 262 g/mol. The minimum Gasteiger partial charge on any atom is -0.384 e. The van der Waals surface area contributed by atoms with Crippen molar-refractivity contribution in [1.82, 2.24) is 4.90 Å². The second-order valence-electron chi connectivity index (χ2n) is 5.65. The van der Waals surface area contributed by atoms with Crippen molar-refractivity contribution in [1.29, 1.82) is 5.26 Å². The predicted molar refractivity (Wildman–Crippen MR) is 71.3 cm³/mol. The summed E-state index contributed by atoms with van der Waals surface area (Å²) >= 11 is 1.47. The Hall–Kier alpha value is -0.890. The molecule has 1 saturated heterocycles. The Labute approximate surface area is 112 Å². The molecule has 1 N–H and O–H groups in total. The first-order valence-electron chi connectivity index (χ1n) is 6.56. The van der Waals surface area contributed by atoms with Gasteiger partial charge in [0, 0.05) is 29.8 Å². The summed E-state index contributed by atoms with van der Waals surface area (Å²) in [5.41, 5.74) is -0.690. The van der Waals surface area contributed by atoms with Gasteiger partial charge in [-0.25, -0.2) is 0 Å². The minimum atomic E-state index is -0.690. The number of thiophene rings is 1. The molecule has 4 heteroatoms. The third-order valence-corrected chi connectivity index (χ3v) is 5.66. The highest BCUT2D eigenvalue weighted by molar-refractivity contribution is 7.12. The minimum absolute atomic E-state index is 0.320. The van der Waals surface area contributed by atoms with Crippen molar-refractivity contribution in [3.63, 3.8) is 0 Å². The van der Waals surface area contributed by atoms with Crippen molar-refractivity contribution in [3.05, 3.63) is 21.9 Å². The molecule has 1 aromatic rings. The number of hydrogen-bond acceptors (Lipinski definition) is 4. The van der Waals surface area contributed by atoms with Crippen LogP contribution in [0, 0.1) is 23.2 Å². The summed E-state index contributed by atoms with van der Waals surface area (Å²) in [5, 5.41) is 20.2. The number of piperidine rings is 1. The van der Waals surface area contributed by atoms with Gasteiger partial charge in [-0.1, -0.05) is 6.42 Å². The van der Waals surface area contributed by atoms with Crippen LogP contribution in [0.25, 0.3) is 0 Å². The van der Waals surface area contributed by atoms with E-state index >= 15 is 0 Å². The summed E-state index contributed by atoms with van der Waals surface area (Å²) in [6.07, 6.45) is 3.41. The molecule has 96 valence electrons. The molecular weight excluding hydrogens is 244 g/mol. The van der Waals surface area contributed by atoms with Crippen LogP contribution in [0.5, 0.6) is 0 Å². The molecule has 0 amide bonds. The topological polar surface area (TPSA) is 47.3 Å². The van der Waals surface area contributed by atoms with Crippen LogP contribution >= 0.6 is 11.3 Å². The van der Waals surface area contributed by atoms with Gasteiger partial charge in [-0.2, -0.15) is 5.26 Å². The molecule has 2 fully saturated rings. The molecule has 2 aliphatic rings. The molecule has 0 radical (unpaired) electrons. The van der Waals surface area contributed by atoms with Crippen LogP contribution in [0.3, 0.4) is 0 Å². The summed E-state index contributed by atoms with van der Waals surface area (Å²) in [7, 11) is 2.14. The van der Waals surface area contributed by atoms with Gasteiger partial charge in [-0.3, -0.25) is 0 Å². The number of aliphatic hydroxyl groups is 1. The Morgan fingerprint density at radius 3 is 2.61 bits per heavy atom. The highest BCUT2D eigenvalue weighted by Crippen LogP contribution is 2.50.